The van der Waals surface area contributed by atoms with Crippen molar-refractivity contribution in [3.63, 3.8) is 0 Å². The summed E-state index contributed by atoms with van der Waals surface area (Å²) in [5, 5.41) is 13.9. The lowest BCUT2D eigenvalue weighted by molar-refractivity contribution is 0.636. The zero-order valence-electron chi connectivity index (χ0n) is 13.0. The normalized spacial score (nSPS) is 17.3. The van der Waals surface area contributed by atoms with Crippen LogP contribution in [-0.4, -0.2) is 4.98 Å². The van der Waals surface area contributed by atoms with Crippen LogP contribution in [0.4, 0.5) is 5.69 Å². The molecule has 114 valence electrons. The zero-order chi connectivity index (χ0) is 15.6. The Balaban J connectivity index is 1.70. The number of rotatable bonds is 2. The van der Waals surface area contributed by atoms with Gasteiger partial charge in [0.05, 0.1) is 17.7 Å². The first-order valence-corrected chi connectivity index (χ1v) is 8.21. The third kappa shape index (κ3) is 2.57. The molecule has 0 aliphatic heterocycles. The average Bonchev–Trinajstić information content (AvgIpc) is 2.86. The highest BCUT2D eigenvalue weighted by atomic mass is 15.0. The van der Waals surface area contributed by atoms with Crippen LogP contribution in [0.1, 0.15) is 42.1 Å². The van der Waals surface area contributed by atoms with Crippen LogP contribution in [0.5, 0.6) is 0 Å². The summed E-state index contributed by atoms with van der Waals surface area (Å²) >= 11 is 0. The van der Waals surface area contributed by atoms with Crippen LogP contribution >= 0.6 is 0 Å². The molecule has 1 aliphatic carbocycles. The molecule has 0 fully saturated rings. The van der Waals surface area contributed by atoms with Crippen LogP contribution < -0.4 is 5.32 Å². The second-order valence-electron chi connectivity index (χ2n) is 6.19. The standard InChI is InChI=1S/C20H19N3/c21-13-14-9-11-15(12-10-14)22-19-8-4-2-6-17-16-5-1-3-7-18(16)23-20(17)19/h1,3,5,7,9-12,19,22-23H,2,4,6,8H2. The van der Waals surface area contributed by atoms with Crippen molar-refractivity contribution in [1.82, 2.24) is 4.98 Å². The summed E-state index contributed by atoms with van der Waals surface area (Å²) in [6.45, 7) is 0. The second kappa shape index (κ2) is 5.81. The van der Waals surface area contributed by atoms with E-state index in [0.717, 1.165) is 18.5 Å². The summed E-state index contributed by atoms with van der Waals surface area (Å²) in [6, 6.07) is 18.8. The molecule has 1 aliphatic rings. The smallest absolute Gasteiger partial charge is 0.0991 e. The van der Waals surface area contributed by atoms with Gasteiger partial charge in [-0.05, 0) is 55.2 Å². The summed E-state index contributed by atoms with van der Waals surface area (Å²) < 4.78 is 0. The molecule has 3 nitrogen and oxygen atoms in total. The van der Waals surface area contributed by atoms with E-state index in [1.807, 2.05) is 24.3 Å². The molecular formula is C20H19N3. The van der Waals surface area contributed by atoms with Crippen molar-refractivity contribution < 1.29 is 0 Å². The number of hydrogen-bond acceptors (Lipinski definition) is 2. The van der Waals surface area contributed by atoms with Gasteiger partial charge in [0.1, 0.15) is 0 Å². The topological polar surface area (TPSA) is 51.6 Å². The van der Waals surface area contributed by atoms with Crippen LogP contribution in [0.2, 0.25) is 0 Å². The lowest BCUT2D eigenvalue weighted by atomic mass is 10.0. The highest BCUT2D eigenvalue weighted by Gasteiger charge is 2.22. The van der Waals surface area contributed by atoms with E-state index in [-0.39, 0.29) is 0 Å². The molecule has 23 heavy (non-hydrogen) atoms. The maximum absolute atomic E-state index is 8.92. The lowest BCUT2D eigenvalue weighted by Crippen LogP contribution is -2.11. The van der Waals surface area contributed by atoms with E-state index in [9.17, 15) is 0 Å². The molecule has 0 bridgehead atoms. The number of nitrogens with one attached hydrogen (secondary N) is 2. The summed E-state index contributed by atoms with van der Waals surface area (Å²) in [4.78, 5) is 3.63. The maximum atomic E-state index is 8.92. The van der Waals surface area contributed by atoms with Crippen molar-refractivity contribution in [3.05, 3.63) is 65.4 Å². The minimum atomic E-state index is 0.299. The molecular weight excluding hydrogens is 282 g/mol. The molecule has 2 aromatic carbocycles. The Kier molecular flexibility index (Phi) is 3.51. The van der Waals surface area contributed by atoms with Gasteiger partial charge in [-0.2, -0.15) is 5.26 Å². The van der Waals surface area contributed by atoms with Gasteiger partial charge in [-0.1, -0.05) is 24.6 Å². The van der Waals surface area contributed by atoms with Crippen LogP contribution in [-0.2, 0) is 6.42 Å². The molecule has 1 atom stereocenters. The number of aromatic nitrogens is 1. The van der Waals surface area contributed by atoms with E-state index < -0.39 is 0 Å². The number of aryl methyl sites for hydroxylation is 1. The van der Waals surface area contributed by atoms with Gasteiger partial charge in [-0.25, -0.2) is 0 Å². The number of H-pyrrole nitrogens is 1. The van der Waals surface area contributed by atoms with E-state index in [2.05, 4.69) is 40.6 Å². The quantitative estimate of drug-likeness (QED) is 0.660. The molecule has 0 spiro atoms. The van der Waals surface area contributed by atoms with Crippen LogP contribution in [0, 0.1) is 11.3 Å². The molecule has 3 heteroatoms. The van der Waals surface area contributed by atoms with Crippen LogP contribution in [0.15, 0.2) is 48.5 Å². The van der Waals surface area contributed by atoms with Gasteiger partial charge in [-0.15, -0.1) is 0 Å². The van der Waals surface area contributed by atoms with E-state index in [0.29, 0.717) is 11.6 Å². The van der Waals surface area contributed by atoms with Crippen molar-refractivity contribution in [1.29, 1.82) is 5.26 Å². The number of hydrogen-bond donors (Lipinski definition) is 2. The Morgan fingerprint density at radius 2 is 1.87 bits per heavy atom. The number of anilines is 1. The van der Waals surface area contributed by atoms with Crippen molar-refractivity contribution >= 4 is 16.6 Å². The number of nitriles is 1. The van der Waals surface area contributed by atoms with Crippen molar-refractivity contribution in [2.45, 2.75) is 31.7 Å². The number of aromatic amines is 1. The van der Waals surface area contributed by atoms with Gasteiger partial charge in [-0.3, -0.25) is 0 Å². The molecule has 0 radical (unpaired) electrons. The highest BCUT2D eigenvalue weighted by molar-refractivity contribution is 5.85. The first kappa shape index (κ1) is 13.9. The summed E-state index contributed by atoms with van der Waals surface area (Å²) in [5.74, 6) is 0. The Morgan fingerprint density at radius 3 is 2.70 bits per heavy atom. The van der Waals surface area contributed by atoms with Gasteiger partial charge < -0.3 is 10.3 Å². The lowest BCUT2D eigenvalue weighted by Gasteiger charge is -2.18. The minimum absolute atomic E-state index is 0.299. The molecule has 3 aromatic rings. The largest absolute Gasteiger partial charge is 0.377 e. The Bertz CT molecular complexity index is 868. The van der Waals surface area contributed by atoms with Gasteiger partial charge in [0.25, 0.3) is 0 Å². The van der Waals surface area contributed by atoms with E-state index >= 15 is 0 Å². The fourth-order valence-corrected chi connectivity index (χ4v) is 3.57. The molecule has 4 rings (SSSR count). The number of nitrogens with zero attached hydrogens (tertiary/aromatic N) is 1. The summed E-state index contributed by atoms with van der Waals surface area (Å²) in [6.07, 6.45) is 4.73. The zero-order valence-corrected chi connectivity index (χ0v) is 13.0. The fraction of sp³-hybridized carbons (Fsp3) is 0.250. The van der Waals surface area contributed by atoms with E-state index in [4.69, 9.17) is 5.26 Å². The minimum Gasteiger partial charge on any atom is -0.377 e. The van der Waals surface area contributed by atoms with E-state index in [1.54, 1.807) is 0 Å². The monoisotopic (exact) mass is 301 g/mol. The van der Waals surface area contributed by atoms with Crippen LogP contribution in [0.25, 0.3) is 10.9 Å². The van der Waals surface area contributed by atoms with Crippen molar-refractivity contribution in [2.24, 2.45) is 0 Å². The fourth-order valence-electron chi connectivity index (χ4n) is 3.57. The first-order valence-electron chi connectivity index (χ1n) is 8.21. The van der Waals surface area contributed by atoms with E-state index in [1.165, 1.54) is 35.0 Å². The molecule has 1 heterocycles. The third-order valence-corrected chi connectivity index (χ3v) is 4.72. The highest BCUT2D eigenvalue weighted by Crippen LogP contribution is 2.35. The molecule has 1 unspecified atom stereocenters. The predicted molar refractivity (Wildman–Crippen MR) is 93.4 cm³/mol. The SMILES string of the molecule is N#Cc1ccc(NC2CCCCc3c2[nH]c2ccccc32)cc1. The van der Waals surface area contributed by atoms with Crippen molar-refractivity contribution in [3.8, 4) is 6.07 Å². The van der Waals surface area contributed by atoms with Gasteiger partial charge in [0.15, 0.2) is 0 Å². The average molecular weight is 301 g/mol. The van der Waals surface area contributed by atoms with Gasteiger partial charge >= 0.3 is 0 Å². The van der Waals surface area contributed by atoms with Gasteiger partial charge in [0, 0.05) is 22.3 Å². The number of para-hydroxylation sites is 1. The molecule has 2 N–H and O–H groups in total. The molecule has 0 saturated carbocycles. The number of benzene rings is 2. The Morgan fingerprint density at radius 1 is 1.04 bits per heavy atom. The maximum Gasteiger partial charge on any atom is 0.0991 e. The number of fused-ring (bicyclic) bond motifs is 3. The Hall–Kier alpha value is -2.73. The predicted octanol–water partition coefficient (Wildman–Crippen LogP) is 4.92. The second-order valence-corrected chi connectivity index (χ2v) is 6.19. The molecule has 0 saturated heterocycles. The summed E-state index contributed by atoms with van der Waals surface area (Å²) in [5.41, 5.74) is 5.78. The Labute approximate surface area is 136 Å². The molecule has 0 amide bonds. The first-order chi connectivity index (χ1) is 11.3. The van der Waals surface area contributed by atoms with Crippen LogP contribution in [0.3, 0.4) is 0 Å². The van der Waals surface area contributed by atoms with Gasteiger partial charge in [0.2, 0.25) is 0 Å². The van der Waals surface area contributed by atoms with Crippen molar-refractivity contribution in [2.75, 3.05) is 5.32 Å². The third-order valence-electron chi connectivity index (χ3n) is 4.72. The summed E-state index contributed by atoms with van der Waals surface area (Å²) in [7, 11) is 0. The molecule has 1 aromatic heterocycles.